The molecule has 154 valence electrons. The van der Waals surface area contributed by atoms with Gasteiger partial charge in [-0.3, -0.25) is 0 Å². The summed E-state index contributed by atoms with van der Waals surface area (Å²) in [6.45, 7) is 2.85. The molecule has 0 bridgehead atoms. The highest BCUT2D eigenvalue weighted by atomic mass is 15.0. The maximum Gasteiger partial charge on any atom is 0.141 e. The van der Waals surface area contributed by atoms with Gasteiger partial charge in [-0.1, -0.05) is 78.4 Å². The minimum absolute atomic E-state index is 0.248. The number of aromatic nitrogens is 2. The molecule has 0 fully saturated rings. The van der Waals surface area contributed by atoms with Crippen LogP contribution in [0.3, 0.4) is 0 Å². The average molecular weight is 415 g/mol. The molecule has 2 heterocycles. The highest BCUT2D eigenvalue weighted by molar-refractivity contribution is 6.02. The van der Waals surface area contributed by atoms with Gasteiger partial charge in [0, 0.05) is 46.5 Å². The van der Waals surface area contributed by atoms with Gasteiger partial charge in [-0.25, -0.2) is 4.98 Å². The van der Waals surface area contributed by atoms with Crippen molar-refractivity contribution in [2.75, 3.05) is 5.73 Å². The lowest BCUT2D eigenvalue weighted by atomic mass is 9.92. The van der Waals surface area contributed by atoms with Crippen LogP contribution in [0.1, 0.15) is 16.7 Å². The first-order valence-corrected chi connectivity index (χ1v) is 10.5. The zero-order valence-electron chi connectivity index (χ0n) is 17.8. The molecule has 0 aliphatic heterocycles. The van der Waals surface area contributed by atoms with Crippen LogP contribution < -0.4 is 5.73 Å². The Bertz CT molecular complexity index is 1470. The SMILES string of the molecule is Cc1cccc(Cn2cc(-c3c(-c4ccccc4)cnc(N)c3C#N)c3ccccc32)c1. The molecule has 0 amide bonds. The van der Waals surface area contributed by atoms with E-state index in [1.54, 1.807) is 6.20 Å². The number of nitrogens with two attached hydrogens (primary N) is 1. The second kappa shape index (κ2) is 8.05. The third-order valence-electron chi connectivity index (χ3n) is 5.80. The lowest BCUT2D eigenvalue weighted by molar-refractivity contribution is 0.836. The van der Waals surface area contributed by atoms with Crippen molar-refractivity contribution < 1.29 is 0 Å². The number of hydrogen-bond acceptors (Lipinski definition) is 3. The number of pyridine rings is 1. The van der Waals surface area contributed by atoms with Crippen LogP contribution in [0.25, 0.3) is 33.2 Å². The summed E-state index contributed by atoms with van der Waals surface area (Å²) < 4.78 is 2.24. The average Bonchev–Trinajstić information content (AvgIpc) is 3.17. The summed E-state index contributed by atoms with van der Waals surface area (Å²) in [5, 5.41) is 11.1. The fourth-order valence-corrected chi connectivity index (χ4v) is 4.34. The summed E-state index contributed by atoms with van der Waals surface area (Å²) in [4.78, 5) is 4.33. The highest BCUT2D eigenvalue weighted by Crippen LogP contribution is 2.40. The number of nitrogen functional groups attached to an aromatic ring is 1. The van der Waals surface area contributed by atoms with E-state index in [-0.39, 0.29) is 5.82 Å². The quantitative estimate of drug-likeness (QED) is 0.382. The number of aryl methyl sites for hydroxylation is 1. The number of anilines is 1. The fourth-order valence-electron chi connectivity index (χ4n) is 4.34. The molecular weight excluding hydrogens is 392 g/mol. The second-order valence-electron chi connectivity index (χ2n) is 7.96. The Kier molecular flexibility index (Phi) is 4.93. The van der Waals surface area contributed by atoms with Gasteiger partial charge in [-0.15, -0.1) is 0 Å². The van der Waals surface area contributed by atoms with Gasteiger partial charge in [0.15, 0.2) is 0 Å². The van der Waals surface area contributed by atoms with Gasteiger partial charge >= 0.3 is 0 Å². The predicted octanol–water partition coefficient (Wildman–Crippen LogP) is 6.18. The largest absolute Gasteiger partial charge is 0.383 e. The number of fused-ring (bicyclic) bond motifs is 1. The topological polar surface area (TPSA) is 67.6 Å². The van der Waals surface area contributed by atoms with Crippen molar-refractivity contribution in [3.63, 3.8) is 0 Å². The molecule has 0 unspecified atom stereocenters. The van der Waals surface area contributed by atoms with Gasteiger partial charge in [0.2, 0.25) is 0 Å². The smallest absolute Gasteiger partial charge is 0.141 e. The van der Waals surface area contributed by atoms with Crippen molar-refractivity contribution in [1.29, 1.82) is 5.26 Å². The molecular formula is C28H22N4. The van der Waals surface area contributed by atoms with Crippen LogP contribution in [0.2, 0.25) is 0 Å². The van der Waals surface area contributed by atoms with E-state index in [0.29, 0.717) is 5.56 Å². The number of benzene rings is 3. The Balaban J connectivity index is 1.78. The molecule has 0 spiro atoms. The van der Waals surface area contributed by atoms with Crippen molar-refractivity contribution >= 4 is 16.7 Å². The maximum absolute atomic E-state index is 10.00. The van der Waals surface area contributed by atoms with E-state index < -0.39 is 0 Å². The Labute approximate surface area is 187 Å². The van der Waals surface area contributed by atoms with Crippen molar-refractivity contribution in [1.82, 2.24) is 9.55 Å². The molecule has 0 saturated heterocycles. The molecule has 32 heavy (non-hydrogen) atoms. The molecule has 4 heteroatoms. The first kappa shape index (κ1) is 19.6. The Morgan fingerprint density at radius 1 is 0.938 bits per heavy atom. The van der Waals surface area contributed by atoms with Crippen LogP contribution in [0.4, 0.5) is 5.82 Å². The van der Waals surface area contributed by atoms with Crippen molar-refractivity contribution in [2.45, 2.75) is 13.5 Å². The summed E-state index contributed by atoms with van der Waals surface area (Å²) >= 11 is 0. The van der Waals surface area contributed by atoms with Gasteiger partial charge in [0.1, 0.15) is 17.5 Å². The number of nitriles is 1. The molecule has 0 saturated carbocycles. The van der Waals surface area contributed by atoms with Crippen LogP contribution >= 0.6 is 0 Å². The van der Waals surface area contributed by atoms with E-state index >= 15 is 0 Å². The number of hydrogen-bond donors (Lipinski definition) is 1. The van der Waals surface area contributed by atoms with Crippen LogP contribution in [0.5, 0.6) is 0 Å². The van der Waals surface area contributed by atoms with Crippen molar-refractivity contribution in [2.24, 2.45) is 0 Å². The summed E-state index contributed by atoms with van der Waals surface area (Å²) in [5.41, 5.74) is 13.9. The second-order valence-corrected chi connectivity index (χ2v) is 7.96. The van der Waals surface area contributed by atoms with E-state index in [1.165, 1.54) is 11.1 Å². The fraction of sp³-hybridized carbons (Fsp3) is 0.0714. The van der Waals surface area contributed by atoms with Gasteiger partial charge in [0.05, 0.1) is 0 Å². The van der Waals surface area contributed by atoms with E-state index in [2.05, 4.69) is 65.1 Å². The van der Waals surface area contributed by atoms with E-state index in [4.69, 9.17) is 5.73 Å². The Morgan fingerprint density at radius 2 is 1.72 bits per heavy atom. The Hall–Kier alpha value is -4.36. The van der Waals surface area contributed by atoms with E-state index in [0.717, 1.165) is 39.7 Å². The summed E-state index contributed by atoms with van der Waals surface area (Å²) in [6, 6.07) is 29.2. The van der Waals surface area contributed by atoms with E-state index in [1.807, 2.05) is 42.5 Å². The number of nitrogens with zero attached hydrogens (tertiary/aromatic N) is 3. The predicted molar refractivity (Wildman–Crippen MR) is 130 cm³/mol. The monoisotopic (exact) mass is 414 g/mol. The molecule has 0 aliphatic carbocycles. The van der Waals surface area contributed by atoms with Crippen LogP contribution in [0.15, 0.2) is 91.3 Å². The molecule has 2 N–H and O–H groups in total. The third-order valence-corrected chi connectivity index (χ3v) is 5.80. The molecule has 0 radical (unpaired) electrons. The minimum Gasteiger partial charge on any atom is -0.383 e. The molecule has 3 aromatic carbocycles. The van der Waals surface area contributed by atoms with Crippen molar-refractivity contribution in [3.8, 4) is 28.3 Å². The maximum atomic E-state index is 10.00. The molecule has 0 aliphatic rings. The highest BCUT2D eigenvalue weighted by Gasteiger charge is 2.20. The minimum atomic E-state index is 0.248. The van der Waals surface area contributed by atoms with Crippen LogP contribution in [0, 0.1) is 18.3 Å². The zero-order chi connectivity index (χ0) is 22.1. The van der Waals surface area contributed by atoms with Gasteiger partial charge in [0.25, 0.3) is 0 Å². The van der Waals surface area contributed by atoms with Crippen molar-refractivity contribution in [3.05, 3.63) is 108 Å². The number of para-hydroxylation sites is 1. The van der Waals surface area contributed by atoms with Gasteiger partial charge < -0.3 is 10.3 Å². The Morgan fingerprint density at radius 3 is 2.50 bits per heavy atom. The lowest BCUT2D eigenvalue weighted by Crippen LogP contribution is -2.00. The van der Waals surface area contributed by atoms with Crippen LogP contribution in [-0.2, 0) is 6.54 Å². The number of rotatable bonds is 4. The summed E-state index contributed by atoms with van der Waals surface area (Å²) in [6.07, 6.45) is 3.91. The first-order chi connectivity index (χ1) is 15.7. The van der Waals surface area contributed by atoms with Crippen LogP contribution in [-0.4, -0.2) is 9.55 Å². The normalized spacial score (nSPS) is 10.9. The standard InChI is InChI=1S/C28H22N4/c1-19-8-7-9-20(14-19)17-32-18-25(22-12-5-6-13-26(22)32)27-23(15-29)28(30)31-16-24(27)21-10-3-2-4-11-21/h2-14,16,18H,17H2,1H3,(H2,30,31). The van der Waals surface area contributed by atoms with Gasteiger partial charge in [-0.2, -0.15) is 5.26 Å². The molecule has 5 aromatic rings. The molecule has 0 atom stereocenters. The third kappa shape index (κ3) is 3.40. The van der Waals surface area contributed by atoms with Gasteiger partial charge in [-0.05, 0) is 24.1 Å². The first-order valence-electron chi connectivity index (χ1n) is 10.5. The molecule has 5 rings (SSSR count). The molecule has 2 aromatic heterocycles. The summed E-state index contributed by atoms with van der Waals surface area (Å²) in [5.74, 6) is 0.248. The zero-order valence-corrected chi connectivity index (χ0v) is 17.8. The summed E-state index contributed by atoms with van der Waals surface area (Å²) in [7, 11) is 0. The van der Waals surface area contributed by atoms with E-state index in [9.17, 15) is 5.26 Å². The molecule has 4 nitrogen and oxygen atoms in total. The lowest BCUT2D eigenvalue weighted by Gasteiger charge is -2.12.